The van der Waals surface area contributed by atoms with Crippen molar-refractivity contribution in [2.24, 2.45) is 0 Å². The second kappa shape index (κ2) is 2.73. The maximum Gasteiger partial charge on any atom is 0.00289 e. The molecule has 1 aliphatic rings. The van der Waals surface area contributed by atoms with Crippen molar-refractivity contribution in [3.05, 3.63) is 40.0 Å². The Morgan fingerprint density at radius 2 is 1.77 bits per heavy atom. The summed E-state index contributed by atoms with van der Waals surface area (Å²) < 4.78 is 0. The molecule has 1 aromatic carbocycles. The van der Waals surface area contributed by atoms with E-state index in [1.807, 2.05) is 0 Å². The van der Waals surface area contributed by atoms with Gasteiger partial charge >= 0.3 is 0 Å². The Morgan fingerprint density at radius 3 is 2.46 bits per heavy atom. The number of aryl methyl sites for hydroxylation is 2. The lowest BCUT2D eigenvalue weighted by Crippen LogP contribution is -1.95. The fraction of sp³-hybridized carbons (Fsp3) is 0.385. The molecule has 68 valence electrons. The van der Waals surface area contributed by atoms with Gasteiger partial charge in [-0.05, 0) is 37.5 Å². The molecule has 1 unspecified atom stereocenters. The second-order valence-corrected chi connectivity index (χ2v) is 4.19. The summed E-state index contributed by atoms with van der Waals surface area (Å²) in [4.78, 5) is 0. The molecule has 0 spiro atoms. The van der Waals surface area contributed by atoms with Crippen molar-refractivity contribution in [3.8, 4) is 0 Å². The zero-order valence-corrected chi connectivity index (χ0v) is 8.81. The third kappa shape index (κ3) is 1.21. The van der Waals surface area contributed by atoms with Crippen molar-refractivity contribution >= 4 is 6.08 Å². The summed E-state index contributed by atoms with van der Waals surface area (Å²) >= 11 is 0. The SMILES string of the molecule is CC1=Cc2cc(C)cc(C)c2C1C. The molecule has 0 heterocycles. The van der Waals surface area contributed by atoms with E-state index in [-0.39, 0.29) is 0 Å². The molecule has 0 N–H and O–H groups in total. The van der Waals surface area contributed by atoms with Gasteiger partial charge < -0.3 is 0 Å². The number of rotatable bonds is 0. The maximum absolute atomic E-state index is 2.32. The van der Waals surface area contributed by atoms with Crippen molar-refractivity contribution in [1.29, 1.82) is 0 Å². The van der Waals surface area contributed by atoms with E-state index < -0.39 is 0 Å². The zero-order valence-electron chi connectivity index (χ0n) is 8.81. The predicted molar refractivity (Wildman–Crippen MR) is 58.0 cm³/mol. The Hall–Kier alpha value is -1.04. The highest BCUT2D eigenvalue weighted by Crippen LogP contribution is 2.37. The highest BCUT2D eigenvalue weighted by Gasteiger charge is 2.19. The van der Waals surface area contributed by atoms with Crippen molar-refractivity contribution < 1.29 is 0 Å². The fourth-order valence-corrected chi connectivity index (χ4v) is 2.32. The average molecular weight is 172 g/mol. The third-order valence-electron chi connectivity index (χ3n) is 3.06. The van der Waals surface area contributed by atoms with Crippen molar-refractivity contribution in [3.63, 3.8) is 0 Å². The first-order valence-corrected chi connectivity index (χ1v) is 4.89. The number of hydrogen-bond donors (Lipinski definition) is 0. The van der Waals surface area contributed by atoms with Gasteiger partial charge in [-0.3, -0.25) is 0 Å². The van der Waals surface area contributed by atoms with Crippen LogP contribution in [0.3, 0.4) is 0 Å². The van der Waals surface area contributed by atoms with Gasteiger partial charge in [-0.1, -0.05) is 36.3 Å². The lowest BCUT2D eigenvalue weighted by atomic mass is 9.93. The molecule has 0 nitrogen and oxygen atoms in total. The number of hydrogen-bond acceptors (Lipinski definition) is 0. The minimum atomic E-state index is 0.621. The van der Waals surface area contributed by atoms with Crippen LogP contribution in [0.4, 0.5) is 0 Å². The van der Waals surface area contributed by atoms with Gasteiger partial charge in [0.05, 0.1) is 0 Å². The zero-order chi connectivity index (χ0) is 9.59. The largest absolute Gasteiger partial charge is 0.0655 e. The highest BCUT2D eigenvalue weighted by molar-refractivity contribution is 5.68. The highest BCUT2D eigenvalue weighted by atomic mass is 14.2. The van der Waals surface area contributed by atoms with Crippen LogP contribution >= 0.6 is 0 Å². The van der Waals surface area contributed by atoms with Gasteiger partial charge in [-0.15, -0.1) is 0 Å². The summed E-state index contributed by atoms with van der Waals surface area (Å²) in [5, 5.41) is 0. The van der Waals surface area contributed by atoms with E-state index in [0.29, 0.717) is 5.92 Å². The fourth-order valence-electron chi connectivity index (χ4n) is 2.32. The summed E-state index contributed by atoms with van der Waals surface area (Å²) in [6.07, 6.45) is 2.32. The first-order valence-electron chi connectivity index (χ1n) is 4.89. The summed E-state index contributed by atoms with van der Waals surface area (Å²) in [5.41, 5.74) is 7.26. The molecule has 1 aromatic rings. The van der Waals surface area contributed by atoms with Crippen LogP contribution in [-0.2, 0) is 0 Å². The van der Waals surface area contributed by atoms with Gasteiger partial charge in [-0.25, -0.2) is 0 Å². The molecular weight excluding hydrogens is 156 g/mol. The molecule has 0 saturated heterocycles. The molecule has 0 saturated carbocycles. The molecule has 0 amide bonds. The van der Waals surface area contributed by atoms with Crippen molar-refractivity contribution in [1.82, 2.24) is 0 Å². The molecule has 0 aromatic heterocycles. The van der Waals surface area contributed by atoms with Gasteiger partial charge in [0.2, 0.25) is 0 Å². The molecule has 0 radical (unpaired) electrons. The maximum atomic E-state index is 2.32. The summed E-state index contributed by atoms with van der Waals surface area (Å²) in [7, 11) is 0. The standard InChI is InChI=1S/C13H16/c1-8-5-10(3)13-11(4)9(2)7-12(13)6-8/h5-7,11H,1-4H3. The number of allylic oxidation sites excluding steroid dienone is 1. The van der Waals surface area contributed by atoms with Gasteiger partial charge in [0.25, 0.3) is 0 Å². The molecule has 0 aliphatic heterocycles. The van der Waals surface area contributed by atoms with Gasteiger partial charge in [0.15, 0.2) is 0 Å². The molecule has 0 bridgehead atoms. The van der Waals surface area contributed by atoms with E-state index in [1.165, 1.54) is 27.8 Å². The monoisotopic (exact) mass is 172 g/mol. The van der Waals surface area contributed by atoms with Crippen molar-refractivity contribution in [2.45, 2.75) is 33.6 Å². The summed E-state index contributed by atoms with van der Waals surface area (Å²) in [6, 6.07) is 4.57. The van der Waals surface area contributed by atoms with E-state index in [9.17, 15) is 0 Å². The molecule has 1 atom stereocenters. The van der Waals surface area contributed by atoms with Gasteiger partial charge in [-0.2, -0.15) is 0 Å². The molecule has 1 aliphatic carbocycles. The van der Waals surface area contributed by atoms with Gasteiger partial charge in [0, 0.05) is 5.92 Å². The Labute approximate surface area is 80.3 Å². The summed E-state index contributed by atoms with van der Waals surface area (Å²) in [5.74, 6) is 0.621. The normalized spacial score (nSPS) is 20.0. The molecule has 0 fully saturated rings. The Kier molecular flexibility index (Phi) is 1.80. The van der Waals surface area contributed by atoms with E-state index in [0.717, 1.165) is 0 Å². The van der Waals surface area contributed by atoms with Gasteiger partial charge in [0.1, 0.15) is 0 Å². The number of fused-ring (bicyclic) bond motifs is 1. The van der Waals surface area contributed by atoms with Crippen molar-refractivity contribution in [2.75, 3.05) is 0 Å². The quantitative estimate of drug-likeness (QED) is 0.558. The topological polar surface area (TPSA) is 0 Å². The lowest BCUT2D eigenvalue weighted by molar-refractivity contribution is 0.909. The van der Waals surface area contributed by atoms with Crippen LogP contribution in [0.25, 0.3) is 6.08 Å². The molecule has 13 heavy (non-hydrogen) atoms. The van der Waals surface area contributed by atoms with Crippen LogP contribution in [0.2, 0.25) is 0 Å². The smallest absolute Gasteiger partial charge is 0.00289 e. The third-order valence-corrected chi connectivity index (χ3v) is 3.06. The van der Waals surface area contributed by atoms with E-state index >= 15 is 0 Å². The Balaban J connectivity index is 2.66. The molecular formula is C13H16. The first kappa shape index (κ1) is 8.55. The molecule has 0 heteroatoms. The van der Waals surface area contributed by atoms with Crippen LogP contribution in [0, 0.1) is 13.8 Å². The summed E-state index contributed by atoms with van der Waals surface area (Å²) in [6.45, 7) is 8.90. The predicted octanol–water partition coefficient (Wildman–Crippen LogP) is 3.82. The Morgan fingerprint density at radius 1 is 1.08 bits per heavy atom. The molecule has 2 rings (SSSR count). The van der Waals surface area contributed by atoms with E-state index in [1.54, 1.807) is 0 Å². The van der Waals surface area contributed by atoms with Crippen LogP contribution in [0.15, 0.2) is 17.7 Å². The average Bonchev–Trinajstić information content (AvgIpc) is 2.27. The first-order chi connectivity index (χ1) is 6.09. The number of benzene rings is 1. The van der Waals surface area contributed by atoms with Crippen LogP contribution in [0.5, 0.6) is 0 Å². The van der Waals surface area contributed by atoms with Crippen LogP contribution in [0.1, 0.15) is 42.0 Å². The van der Waals surface area contributed by atoms with Crippen LogP contribution in [-0.4, -0.2) is 0 Å². The minimum absolute atomic E-state index is 0.621. The lowest BCUT2D eigenvalue weighted by Gasteiger charge is -2.11. The van der Waals surface area contributed by atoms with Crippen LogP contribution < -0.4 is 0 Å². The minimum Gasteiger partial charge on any atom is -0.0655 e. The Bertz CT molecular complexity index is 383. The van der Waals surface area contributed by atoms with E-state index in [4.69, 9.17) is 0 Å². The second-order valence-electron chi connectivity index (χ2n) is 4.19. The van der Waals surface area contributed by atoms with E-state index in [2.05, 4.69) is 45.9 Å².